The maximum absolute atomic E-state index is 11.1. The minimum Gasteiger partial charge on any atom is -0.496 e. The second-order valence-corrected chi connectivity index (χ2v) is 4.81. The molecule has 0 saturated carbocycles. The Morgan fingerprint density at radius 2 is 1.79 bits per heavy atom. The zero-order valence-corrected chi connectivity index (χ0v) is 13.5. The van der Waals surface area contributed by atoms with Gasteiger partial charge in [-0.2, -0.15) is 0 Å². The third-order valence-electron chi connectivity index (χ3n) is 3.25. The molecule has 0 bridgehead atoms. The minimum atomic E-state index is -1.24. The third kappa shape index (κ3) is 4.51. The van der Waals surface area contributed by atoms with Crippen molar-refractivity contribution in [2.45, 2.75) is 12.7 Å². The Morgan fingerprint density at radius 3 is 2.46 bits per heavy atom. The molecule has 0 radical (unpaired) electrons. The van der Waals surface area contributed by atoms with Gasteiger partial charge >= 0.3 is 5.97 Å². The highest BCUT2D eigenvalue weighted by molar-refractivity contribution is 5.88. The summed E-state index contributed by atoms with van der Waals surface area (Å²) >= 11 is 0. The molecule has 0 amide bonds. The Balaban J connectivity index is 2.27. The molecule has 2 aromatic carbocycles. The molecule has 1 atom stereocenters. The van der Waals surface area contributed by atoms with Crippen molar-refractivity contribution in [3.05, 3.63) is 59.7 Å². The lowest BCUT2D eigenvalue weighted by atomic mass is 10.1. The second kappa shape index (κ2) is 8.61. The summed E-state index contributed by atoms with van der Waals surface area (Å²) in [6, 6.07) is 14.8. The van der Waals surface area contributed by atoms with Crippen molar-refractivity contribution in [3.63, 3.8) is 0 Å². The van der Waals surface area contributed by atoms with Gasteiger partial charge < -0.3 is 19.3 Å². The van der Waals surface area contributed by atoms with E-state index in [-0.39, 0.29) is 0 Å². The van der Waals surface area contributed by atoms with Crippen molar-refractivity contribution in [1.29, 1.82) is 0 Å². The average molecular weight is 326 g/mol. The zero-order valence-electron chi connectivity index (χ0n) is 13.5. The van der Waals surface area contributed by atoms with Crippen molar-refractivity contribution in [1.82, 2.24) is 0 Å². The Morgan fingerprint density at radius 1 is 1.08 bits per heavy atom. The molecule has 5 nitrogen and oxygen atoms in total. The molecule has 0 aliphatic heterocycles. The van der Waals surface area contributed by atoms with Crippen molar-refractivity contribution in [2.75, 3.05) is 14.2 Å². The van der Waals surface area contributed by atoms with Crippen molar-refractivity contribution in [2.24, 2.45) is 0 Å². The predicted molar refractivity (Wildman–Crippen MR) is 88.5 cm³/mol. The van der Waals surface area contributed by atoms with Crippen LogP contribution in [0.5, 0.6) is 11.5 Å². The first-order valence-electron chi connectivity index (χ1n) is 7.27. The van der Waals surface area contributed by atoms with Gasteiger partial charge in [-0.1, -0.05) is 42.3 Å². The van der Waals surface area contributed by atoms with Gasteiger partial charge in [-0.05, 0) is 17.7 Å². The largest absolute Gasteiger partial charge is 0.496 e. The Hall–Kier alpha value is -2.97. The summed E-state index contributed by atoms with van der Waals surface area (Å²) in [5.74, 6) is 4.78. The molecule has 0 aliphatic carbocycles. The number of carbonyl (C=O) groups is 1. The van der Waals surface area contributed by atoms with E-state index < -0.39 is 12.1 Å². The van der Waals surface area contributed by atoms with Crippen LogP contribution in [-0.2, 0) is 16.1 Å². The van der Waals surface area contributed by atoms with Gasteiger partial charge in [0.25, 0.3) is 0 Å². The zero-order chi connectivity index (χ0) is 17.4. The summed E-state index contributed by atoms with van der Waals surface area (Å²) in [7, 11) is 2.71. The van der Waals surface area contributed by atoms with Crippen LogP contribution in [0.2, 0.25) is 0 Å². The number of hydrogen-bond donors (Lipinski definition) is 1. The fraction of sp³-hybridized carbons (Fsp3) is 0.211. The Bertz CT molecular complexity index is 743. The van der Waals surface area contributed by atoms with Crippen LogP contribution in [0, 0.1) is 11.8 Å². The lowest BCUT2D eigenvalue weighted by Gasteiger charge is -2.16. The normalized spacial score (nSPS) is 11.0. The fourth-order valence-corrected chi connectivity index (χ4v) is 2.08. The third-order valence-corrected chi connectivity index (χ3v) is 3.25. The molecule has 0 saturated heterocycles. The number of hydrogen-bond acceptors (Lipinski definition) is 5. The number of methoxy groups -OCH3 is 2. The van der Waals surface area contributed by atoms with Crippen molar-refractivity contribution < 1.29 is 24.1 Å². The molecule has 124 valence electrons. The molecule has 0 aliphatic rings. The first-order valence-corrected chi connectivity index (χ1v) is 7.27. The molecule has 5 heteroatoms. The first kappa shape index (κ1) is 17.4. The van der Waals surface area contributed by atoms with Crippen molar-refractivity contribution >= 4 is 5.97 Å². The summed E-state index contributed by atoms with van der Waals surface area (Å²) in [6.45, 7) is 0.332. The van der Waals surface area contributed by atoms with Crippen LogP contribution in [0.15, 0.2) is 48.5 Å². The highest BCUT2D eigenvalue weighted by Crippen LogP contribution is 2.34. The fourth-order valence-electron chi connectivity index (χ4n) is 2.08. The average Bonchev–Trinajstić information content (AvgIpc) is 2.64. The predicted octanol–water partition coefficient (Wildman–Crippen LogP) is 2.48. The van der Waals surface area contributed by atoms with E-state index in [9.17, 15) is 9.90 Å². The molecular weight excluding hydrogens is 308 g/mol. The van der Waals surface area contributed by atoms with E-state index in [4.69, 9.17) is 9.47 Å². The molecule has 0 aromatic heterocycles. The van der Waals surface area contributed by atoms with Crippen LogP contribution in [-0.4, -0.2) is 25.3 Å². The number of aliphatic hydroxyl groups is 1. The number of aliphatic hydroxyl groups excluding tert-OH is 1. The van der Waals surface area contributed by atoms with Gasteiger partial charge in [0.05, 0.1) is 19.8 Å². The molecule has 1 N–H and O–H groups in total. The lowest BCUT2D eigenvalue weighted by molar-refractivity contribution is -0.133. The van der Waals surface area contributed by atoms with E-state index in [2.05, 4.69) is 16.6 Å². The highest BCUT2D eigenvalue weighted by Gasteiger charge is 2.18. The number of carbonyl (C=O) groups excluding carboxylic acids is 1. The van der Waals surface area contributed by atoms with Crippen LogP contribution in [0.3, 0.4) is 0 Å². The summed E-state index contributed by atoms with van der Waals surface area (Å²) in [5.41, 5.74) is 1.36. The smallest absolute Gasteiger partial charge is 0.384 e. The van der Waals surface area contributed by atoms with Gasteiger partial charge in [0.15, 0.2) is 0 Å². The van der Waals surface area contributed by atoms with E-state index in [1.54, 1.807) is 18.2 Å². The maximum atomic E-state index is 11.1. The van der Waals surface area contributed by atoms with Crippen LogP contribution >= 0.6 is 0 Å². The van der Waals surface area contributed by atoms with Gasteiger partial charge in [0.2, 0.25) is 0 Å². The first-order chi connectivity index (χ1) is 11.7. The quantitative estimate of drug-likeness (QED) is 0.519. The van der Waals surface area contributed by atoms with E-state index in [0.717, 1.165) is 5.56 Å². The molecule has 2 rings (SSSR count). The Labute approximate surface area is 140 Å². The van der Waals surface area contributed by atoms with Gasteiger partial charge in [-0.25, -0.2) is 4.79 Å². The molecule has 24 heavy (non-hydrogen) atoms. The van der Waals surface area contributed by atoms with Crippen LogP contribution in [0.1, 0.15) is 17.2 Å². The van der Waals surface area contributed by atoms with E-state index >= 15 is 0 Å². The summed E-state index contributed by atoms with van der Waals surface area (Å²) in [5, 5.41) is 10.3. The molecule has 0 fully saturated rings. The molecule has 1 unspecified atom stereocenters. The monoisotopic (exact) mass is 326 g/mol. The van der Waals surface area contributed by atoms with E-state index in [0.29, 0.717) is 23.7 Å². The molecule has 2 aromatic rings. The van der Waals surface area contributed by atoms with Crippen LogP contribution in [0.4, 0.5) is 0 Å². The Kier molecular flexibility index (Phi) is 6.23. The second-order valence-electron chi connectivity index (χ2n) is 4.81. The molecule has 0 heterocycles. The SMILES string of the molecule is COC(=O)C#CC(O)c1c(OC)cccc1OCc1ccccc1. The van der Waals surface area contributed by atoms with Gasteiger partial charge in [-0.3, -0.25) is 0 Å². The summed E-state index contributed by atoms with van der Waals surface area (Å²) in [4.78, 5) is 11.1. The number of ether oxygens (including phenoxy) is 3. The molecular formula is C19H18O5. The highest BCUT2D eigenvalue weighted by atomic mass is 16.5. The van der Waals surface area contributed by atoms with Crippen LogP contribution < -0.4 is 9.47 Å². The topological polar surface area (TPSA) is 65.0 Å². The molecule has 0 spiro atoms. The van der Waals surface area contributed by atoms with Crippen LogP contribution in [0.25, 0.3) is 0 Å². The van der Waals surface area contributed by atoms with Gasteiger partial charge in [0.1, 0.15) is 24.2 Å². The standard InChI is InChI=1S/C19H18O5/c1-22-16-9-6-10-17(24-13-14-7-4-3-5-8-14)19(16)15(20)11-12-18(21)23-2/h3-10,15,20H,13H2,1-2H3. The van der Waals surface area contributed by atoms with Gasteiger partial charge in [-0.15, -0.1) is 0 Å². The summed E-state index contributed by atoms with van der Waals surface area (Å²) < 4.78 is 15.5. The summed E-state index contributed by atoms with van der Waals surface area (Å²) in [6.07, 6.45) is -1.24. The maximum Gasteiger partial charge on any atom is 0.384 e. The van der Waals surface area contributed by atoms with E-state index in [1.807, 2.05) is 30.3 Å². The van der Waals surface area contributed by atoms with Gasteiger partial charge in [0, 0.05) is 5.92 Å². The minimum absolute atomic E-state index is 0.332. The van der Waals surface area contributed by atoms with E-state index in [1.165, 1.54) is 14.2 Å². The number of benzene rings is 2. The van der Waals surface area contributed by atoms with Crippen molar-refractivity contribution in [3.8, 4) is 23.3 Å². The number of rotatable bonds is 5. The number of esters is 1. The lowest BCUT2D eigenvalue weighted by Crippen LogP contribution is -2.05.